The van der Waals surface area contributed by atoms with Crippen LogP contribution in [0, 0.1) is 0 Å². The molecule has 2 N–H and O–H groups in total. The number of rotatable bonds is 1. The molecule has 1 aromatic carbocycles. The lowest BCUT2D eigenvalue weighted by atomic mass is 10.1. The van der Waals surface area contributed by atoms with Crippen molar-refractivity contribution in [3.05, 3.63) is 42.1 Å². The summed E-state index contributed by atoms with van der Waals surface area (Å²) in [6, 6.07) is 12.9. The van der Waals surface area contributed by atoms with Crippen LogP contribution in [-0.2, 0) is 0 Å². The first-order chi connectivity index (χ1) is 8.25. The second-order valence-electron chi connectivity index (χ2n) is 4.81. The van der Waals surface area contributed by atoms with Crippen LogP contribution < -0.4 is 5.73 Å². The molecule has 2 atom stereocenters. The molecular weight excluding hydrogens is 210 g/mol. The number of benzene rings is 1. The monoisotopic (exact) mass is 227 g/mol. The number of para-hydroxylation sites is 1. The van der Waals surface area contributed by atoms with E-state index in [1.54, 1.807) is 0 Å². The maximum absolute atomic E-state index is 6.16. The van der Waals surface area contributed by atoms with Crippen LogP contribution in [0.25, 0.3) is 10.9 Å². The smallest absolute Gasteiger partial charge is 0.0706 e. The van der Waals surface area contributed by atoms with Gasteiger partial charge in [-0.1, -0.05) is 24.3 Å². The van der Waals surface area contributed by atoms with Crippen LogP contribution in [0.15, 0.2) is 36.4 Å². The number of likely N-dealkylation sites (N-methyl/N-ethyl adjacent to an activating group) is 1. The minimum atomic E-state index is 0.202. The standard InChI is InChI=1S/C14H17N3/c1-17-9-8-11(15)14(17)13-7-6-10-4-2-3-5-12(10)16-13/h2-7,11,14H,8-9,15H2,1H3. The highest BCUT2D eigenvalue weighted by Gasteiger charge is 2.31. The molecular formula is C14H17N3. The average molecular weight is 227 g/mol. The number of nitrogens with two attached hydrogens (primary N) is 1. The van der Waals surface area contributed by atoms with E-state index in [0.717, 1.165) is 24.2 Å². The normalized spacial score (nSPS) is 25.5. The highest BCUT2D eigenvalue weighted by atomic mass is 15.2. The number of nitrogens with zero attached hydrogens (tertiary/aromatic N) is 2. The van der Waals surface area contributed by atoms with Gasteiger partial charge in [-0.05, 0) is 25.6 Å². The SMILES string of the molecule is CN1CCC(N)C1c1ccc2ccccc2n1. The Labute approximate surface area is 101 Å². The van der Waals surface area contributed by atoms with E-state index in [1.807, 2.05) is 12.1 Å². The Bertz CT molecular complexity index is 528. The first-order valence-corrected chi connectivity index (χ1v) is 6.07. The lowest BCUT2D eigenvalue weighted by Crippen LogP contribution is -2.30. The Kier molecular flexibility index (Phi) is 2.57. The Balaban J connectivity index is 2.05. The van der Waals surface area contributed by atoms with Crippen LogP contribution in [0.2, 0.25) is 0 Å². The van der Waals surface area contributed by atoms with Crippen LogP contribution in [0.3, 0.4) is 0 Å². The zero-order chi connectivity index (χ0) is 11.8. The van der Waals surface area contributed by atoms with E-state index < -0.39 is 0 Å². The largest absolute Gasteiger partial charge is 0.326 e. The van der Waals surface area contributed by atoms with Gasteiger partial charge in [0.25, 0.3) is 0 Å². The van der Waals surface area contributed by atoms with Crippen molar-refractivity contribution in [1.29, 1.82) is 0 Å². The fourth-order valence-corrected chi connectivity index (χ4v) is 2.67. The van der Waals surface area contributed by atoms with Crippen molar-refractivity contribution in [2.45, 2.75) is 18.5 Å². The summed E-state index contributed by atoms with van der Waals surface area (Å²) in [5, 5.41) is 1.19. The van der Waals surface area contributed by atoms with Gasteiger partial charge in [0.2, 0.25) is 0 Å². The summed E-state index contributed by atoms with van der Waals surface area (Å²) in [4.78, 5) is 7.03. The van der Waals surface area contributed by atoms with Crippen molar-refractivity contribution < 1.29 is 0 Å². The molecule has 1 aromatic heterocycles. The summed E-state index contributed by atoms with van der Waals surface area (Å²) < 4.78 is 0. The molecule has 0 amide bonds. The number of likely N-dealkylation sites (tertiary alicyclic amines) is 1. The summed E-state index contributed by atoms with van der Waals surface area (Å²) in [6.45, 7) is 1.06. The van der Waals surface area contributed by atoms with Gasteiger partial charge in [-0.2, -0.15) is 0 Å². The molecule has 0 saturated carbocycles. The topological polar surface area (TPSA) is 42.1 Å². The Hall–Kier alpha value is -1.45. The Morgan fingerprint density at radius 1 is 1.24 bits per heavy atom. The first-order valence-electron chi connectivity index (χ1n) is 6.07. The average Bonchev–Trinajstić information content (AvgIpc) is 2.68. The Morgan fingerprint density at radius 2 is 2.06 bits per heavy atom. The van der Waals surface area contributed by atoms with Gasteiger partial charge in [-0.15, -0.1) is 0 Å². The van der Waals surface area contributed by atoms with Crippen molar-refractivity contribution in [2.24, 2.45) is 5.73 Å². The number of aromatic nitrogens is 1. The van der Waals surface area contributed by atoms with Gasteiger partial charge in [0.1, 0.15) is 0 Å². The molecule has 1 aliphatic heterocycles. The van der Waals surface area contributed by atoms with E-state index in [0.29, 0.717) is 0 Å². The molecule has 88 valence electrons. The molecule has 2 aromatic rings. The zero-order valence-corrected chi connectivity index (χ0v) is 10.0. The predicted molar refractivity (Wildman–Crippen MR) is 69.7 cm³/mol. The molecule has 1 fully saturated rings. The lowest BCUT2D eigenvalue weighted by Gasteiger charge is -2.22. The summed E-state index contributed by atoms with van der Waals surface area (Å²) >= 11 is 0. The van der Waals surface area contributed by atoms with E-state index in [9.17, 15) is 0 Å². The van der Waals surface area contributed by atoms with Crippen LogP contribution in [0.4, 0.5) is 0 Å². The number of fused-ring (bicyclic) bond motifs is 1. The maximum atomic E-state index is 6.16. The number of pyridine rings is 1. The molecule has 1 saturated heterocycles. The van der Waals surface area contributed by atoms with Gasteiger partial charge >= 0.3 is 0 Å². The van der Waals surface area contributed by atoms with Crippen molar-refractivity contribution in [2.75, 3.05) is 13.6 Å². The molecule has 2 unspecified atom stereocenters. The molecule has 0 aliphatic carbocycles. The van der Waals surface area contributed by atoms with E-state index in [4.69, 9.17) is 10.7 Å². The van der Waals surface area contributed by atoms with Crippen LogP contribution in [0.1, 0.15) is 18.2 Å². The quantitative estimate of drug-likeness (QED) is 0.809. The maximum Gasteiger partial charge on any atom is 0.0706 e. The molecule has 0 radical (unpaired) electrons. The van der Waals surface area contributed by atoms with Gasteiger partial charge in [-0.25, -0.2) is 0 Å². The number of hydrogen-bond acceptors (Lipinski definition) is 3. The summed E-state index contributed by atoms with van der Waals surface area (Å²) in [5.41, 5.74) is 8.31. The lowest BCUT2D eigenvalue weighted by molar-refractivity contribution is 0.299. The molecule has 2 heterocycles. The zero-order valence-electron chi connectivity index (χ0n) is 10.0. The van der Waals surface area contributed by atoms with Crippen LogP contribution >= 0.6 is 0 Å². The minimum Gasteiger partial charge on any atom is -0.326 e. The van der Waals surface area contributed by atoms with Gasteiger partial charge in [0.05, 0.1) is 17.3 Å². The van der Waals surface area contributed by atoms with Gasteiger partial charge in [0, 0.05) is 18.0 Å². The predicted octanol–water partition coefficient (Wildman–Crippen LogP) is 1.94. The molecule has 0 spiro atoms. The molecule has 0 bridgehead atoms. The fourth-order valence-electron chi connectivity index (χ4n) is 2.67. The van der Waals surface area contributed by atoms with Gasteiger partial charge < -0.3 is 5.73 Å². The van der Waals surface area contributed by atoms with Crippen LogP contribution in [0.5, 0.6) is 0 Å². The van der Waals surface area contributed by atoms with E-state index in [-0.39, 0.29) is 12.1 Å². The van der Waals surface area contributed by atoms with E-state index >= 15 is 0 Å². The van der Waals surface area contributed by atoms with Gasteiger partial charge in [0.15, 0.2) is 0 Å². The second-order valence-corrected chi connectivity index (χ2v) is 4.81. The van der Waals surface area contributed by atoms with Crippen LogP contribution in [-0.4, -0.2) is 29.5 Å². The van der Waals surface area contributed by atoms with E-state index in [2.05, 4.69) is 36.2 Å². The molecule has 3 rings (SSSR count). The summed E-state index contributed by atoms with van der Waals surface area (Å²) in [6.07, 6.45) is 1.05. The highest BCUT2D eigenvalue weighted by molar-refractivity contribution is 5.78. The fraction of sp³-hybridized carbons (Fsp3) is 0.357. The molecule has 17 heavy (non-hydrogen) atoms. The highest BCUT2D eigenvalue weighted by Crippen LogP contribution is 2.29. The molecule has 1 aliphatic rings. The van der Waals surface area contributed by atoms with Crippen molar-refractivity contribution >= 4 is 10.9 Å². The molecule has 3 nitrogen and oxygen atoms in total. The first kappa shape index (κ1) is 10.7. The Morgan fingerprint density at radius 3 is 2.82 bits per heavy atom. The minimum absolute atomic E-state index is 0.202. The molecule has 3 heteroatoms. The van der Waals surface area contributed by atoms with Crippen molar-refractivity contribution in [1.82, 2.24) is 9.88 Å². The third kappa shape index (κ3) is 1.81. The van der Waals surface area contributed by atoms with Gasteiger partial charge in [-0.3, -0.25) is 9.88 Å². The van der Waals surface area contributed by atoms with Crippen molar-refractivity contribution in [3.63, 3.8) is 0 Å². The third-order valence-corrected chi connectivity index (χ3v) is 3.62. The third-order valence-electron chi connectivity index (χ3n) is 3.62. The number of hydrogen-bond donors (Lipinski definition) is 1. The van der Waals surface area contributed by atoms with E-state index in [1.165, 1.54) is 5.39 Å². The summed E-state index contributed by atoms with van der Waals surface area (Å²) in [7, 11) is 2.12. The summed E-state index contributed by atoms with van der Waals surface area (Å²) in [5.74, 6) is 0. The second kappa shape index (κ2) is 4.09. The van der Waals surface area contributed by atoms with Crippen molar-refractivity contribution in [3.8, 4) is 0 Å².